The molecule has 0 aliphatic heterocycles. The molecule has 8 nitrogen and oxygen atoms in total. The molecule has 0 unspecified atom stereocenters. The average molecular weight is 458 g/mol. The van der Waals surface area contributed by atoms with Crippen molar-refractivity contribution in [1.82, 2.24) is 19.7 Å². The normalized spacial score (nSPS) is 10.6. The number of carbonyl (C=O) groups is 1. The number of rotatable bonds is 7. The minimum atomic E-state index is -0.497. The fourth-order valence-electron chi connectivity index (χ4n) is 3.29. The van der Waals surface area contributed by atoms with Gasteiger partial charge in [0.15, 0.2) is 0 Å². The Kier molecular flexibility index (Phi) is 6.35. The van der Waals surface area contributed by atoms with E-state index >= 15 is 0 Å². The largest absolute Gasteiger partial charge is 0.337 e. The quantitative estimate of drug-likeness (QED) is 0.328. The zero-order valence-electron chi connectivity index (χ0n) is 19.1. The zero-order valence-corrected chi connectivity index (χ0v) is 19.1. The predicted molar refractivity (Wildman–Crippen MR) is 132 cm³/mol. The number of hydrogen-bond donors (Lipinski definition) is 3. The van der Waals surface area contributed by atoms with Crippen molar-refractivity contribution in [2.75, 3.05) is 16.0 Å². The van der Waals surface area contributed by atoms with E-state index in [2.05, 4.69) is 37.6 Å². The highest BCUT2D eigenvalue weighted by Crippen LogP contribution is 2.32. The minimum Gasteiger partial charge on any atom is -0.337 e. The molecule has 0 radical (unpaired) electrons. The first-order valence-corrected chi connectivity index (χ1v) is 10.5. The molecule has 2 aromatic heterocycles. The van der Waals surface area contributed by atoms with Gasteiger partial charge in [0.2, 0.25) is 11.9 Å². The summed E-state index contributed by atoms with van der Waals surface area (Å²) in [7, 11) is 1.81. The van der Waals surface area contributed by atoms with E-state index in [0.717, 1.165) is 22.8 Å². The smallest absolute Gasteiger partial charge is 0.247 e. The van der Waals surface area contributed by atoms with Crippen LogP contribution in [0.3, 0.4) is 0 Å². The minimum absolute atomic E-state index is 0.151. The zero-order chi connectivity index (χ0) is 24.2. The molecule has 1 amide bonds. The van der Waals surface area contributed by atoms with Crippen LogP contribution in [0, 0.1) is 19.7 Å². The first-order chi connectivity index (χ1) is 16.3. The second-order valence-electron chi connectivity index (χ2n) is 7.80. The van der Waals surface area contributed by atoms with Crippen LogP contribution in [0.4, 0.5) is 33.2 Å². The van der Waals surface area contributed by atoms with Crippen molar-refractivity contribution in [2.45, 2.75) is 13.8 Å². The second kappa shape index (κ2) is 9.53. The number of halogens is 1. The van der Waals surface area contributed by atoms with Crippen LogP contribution in [-0.4, -0.2) is 25.7 Å². The molecule has 172 valence electrons. The number of benzene rings is 2. The summed E-state index contributed by atoms with van der Waals surface area (Å²) in [5.41, 5.74) is 5.14. The number of nitrogens with zero attached hydrogens (tertiary/aromatic N) is 4. The van der Waals surface area contributed by atoms with Crippen LogP contribution >= 0.6 is 0 Å². The summed E-state index contributed by atoms with van der Waals surface area (Å²) in [5.74, 6) is -0.170. The Hall–Kier alpha value is -4.53. The maximum Gasteiger partial charge on any atom is 0.247 e. The van der Waals surface area contributed by atoms with Gasteiger partial charge in [-0.2, -0.15) is 10.1 Å². The van der Waals surface area contributed by atoms with Crippen molar-refractivity contribution in [3.8, 4) is 11.1 Å². The molecule has 9 heteroatoms. The van der Waals surface area contributed by atoms with E-state index in [-0.39, 0.29) is 5.69 Å². The molecule has 0 atom stereocenters. The van der Waals surface area contributed by atoms with Gasteiger partial charge in [0, 0.05) is 30.7 Å². The van der Waals surface area contributed by atoms with Crippen LogP contribution in [0.2, 0.25) is 0 Å². The summed E-state index contributed by atoms with van der Waals surface area (Å²) < 4.78 is 16.4. The third-order valence-electron chi connectivity index (χ3n) is 5.24. The second-order valence-corrected chi connectivity index (χ2v) is 7.80. The number of hydrogen-bond acceptors (Lipinski definition) is 6. The van der Waals surface area contributed by atoms with Gasteiger partial charge in [-0.25, -0.2) is 9.37 Å². The Morgan fingerprint density at radius 1 is 1.06 bits per heavy atom. The highest BCUT2D eigenvalue weighted by molar-refractivity contribution is 5.99. The Morgan fingerprint density at radius 3 is 2.59 bits per heavy atom. The fourth-order valence-corrected chi connectivity index (χ4v) is 3.29. The van der Waals surface area contributed by atoms with Crippen molar-refractivity contribution in [1.29, 1.82) is 0 Å². The molecular formula is C25H24FN7O. The third kappa shape index (κ3) is 5.09. The van der Waals surface area contributed by atoms with E-state index in [1.807, 2.05) is 39.1 Å². The lowest BCUT2D eigenvalue weighted by Gasteiger charge is -2.15. The van der Waals surface area contributed by atoms with Gasteiger partial charge in [0.05, 0.1) is 17.6 Å². The standard InChI is InChI=1S/C25H24FN7O/c1-5-23(34)29-18-8-9-21(26)22(11-18)31-24-20(17-7-6-15(2)16(3)10-17)13-27-25(32-24)30-19-12-28-33(4)14-19/h5-14H,1H2,2-4H3,(H,29,34)(H2,27,30,31,32). The Balaban J connectivity index is 1.75. The summed E-state index contributed by atoms with van der Waals surface area (Å²) in [4.78, 5) is 20.7. The molecule has 0 saturated heterocycles. The molecule has 34 heavy (non-hydrogen) atoms. The number of nitrogens with one attached hydrogen (secondary N) is 3. The van der Waals surface area contributed by atoms with E-state index in [1.165, 1.54) is 18.2 Å². The van der Waals surface area contributed by atoms with Crippen LogP contribution in [0.1, 0.15) is 11.1 Å². The van der Waals surface area contributed by atoms with E-state index in [0.29, 0.717) is 28.7 Å². The molecule has 0 aliphatic rings. The molecular weight excluding hydrogens is 433 g/mol. The SMILES string of the molecule is C=CC(=O)Nc1ccc(F)c(Nc2nc(Nc3cnn(C)c3)ncc2-c2ccc(C)c(C)c2)c1. The van der Waals surface area contributed by atoms with Gasteiger partial charge in [-0.1, -0.05) is 24.8 Å². The fraction of sp³-hybridized carbons (Fsp3) is 0.120. The van der Waals surface area contributed by atoms with Gasteiger partial charge in [0.25, 0.3) is 0 Å². The molecule has 4 aromatic rings. The monoisotopic (exact) mass is 457 g/mol. The van der Waals surface area contributed by atoms with E-state index < -0.39 is 11.7 Å². The van der Waals surface area contributed by atoms with Crippen LogP contribution < -0.4 is 16.0 Å². The lowest BCUT2D eigenvalue weighted by Crippen LogP contribution is -2.08. The maximum atomic E-state index is 14.7. The molecule has 2 aromatic carbocycles. The average Bonchev–Trinajstić information content (AvgIpc) is 3.22. The first kappa shape index (κ1) is 22.7. The third-order valence-corrected chi connectivity index (χ3v) is 5.24. The topological polar surface area (TPSA) is 96.8 Å². The molecule has 2 heterocycles. The number of anilines is 5. The Labute approximate surface area is 196 Å². The maximum absolute atomic E-state index is 14.7. The number of carbonyl (C=O) groups excluding carboxylic acids is 1. The van der Waals surface area contributed by atoms with Gasteiger partial charge in [-0.05, 0) is 54.8 Å². The highest BCUT2D eigenvalue weighted by Gasteiger charge is 2.14. The summed E-state index contributed by atoms with van der Waals surface area (Å²) in [5, 5.41) is 12.9. The van der Waals surface area contributed by atoms with Gasteiger partial charge in [-0.3, -0.25) is 9.48 Å². The first-order valence-electron chi connectivity index (χ1n) is 10.5. The van der Waals surface area contributed by atoms with Crippen LogP contribution in [0.5, 0.6) is 0 Å². The van der Waals surface area contributed by atoms with E-state index in [4.69, 9.17) is 0 Å². The predicted octanol–water partition coefficient (Wildman–Crippen LogP) is 5.24. The van der Waals surface area contributed by atoms with Crippen LogP contribution in [0.25, 0.3) is 11.1 Å². The molecule has 0 spiro atoms. The van der Waals surface area contributed by atoms with Crippen molar-refractivity contribution in [3.05, 3.63) is 84.6 Å². The molecule has 0 fully saturated rings. The van der Waals surface area contributed by atoms with Crippen LogP contribution in [-0.2, 0) is 11.8 Å². The number of aryl methyl sites for hydroxylation is 3. The van der Waals surface area contributed by atoms with Crippen molar-refractivity contribution >= 4 is 34.7 Å². The van der Waals surface area contributed by atoms with E-state index in [1.54, 1.807) is 23.3 Å². The van der Waals surface area contributed by atoms with Crippen LogP contribution in [0.15, 0.2) is 67.6 Å². The molecule has 4 rings (SSSR count). The Morgan fingerprint density at radius 2 is 1.88 bits per heavy atom. The van der Waals surface area contributed by atoms with Gasteiger partial charge in [-0.15, -0.1) is 0 Å². The molecule has 3 N–H and O–H groups in total. The molecule has 0 saturated carbocycles. The summed E-state index contributed by atoms with van der Waals surface area (Å²) in [6, 6.07) is 10.3. The molecule has 0 aliphatic carbocycles. The van der Waals surface area contributed by atoms with Crippen molar-refractivity contribution < 1.29 is 9.18 Å². The van der Waals surface area contributed by atoms with E-state index in [9.17, 15) is 9.18 Å². The Bertz CT molecular complexity index is 1380. The molecule has 0 bridgehead atoms. The highest BCUT2D eigenvalue weighted by atomic mass is 19.1. The van der Waals surface area contributed by atoms with Crippen molar-refractivity contribution in [2.24, 2.45) is 7.05 Å². The number of amides is 1. The van der Waals surface area contributed by atoms with Gasteiger partial charge in [0.1, 0.15) is 11.6 Å². The van der Waals surface area contributed by atoms with Crippen molar-refractivity contribution in [3.63, 3.8) is 0 Å². The summed E-state index contributed by atoms with van der Waals surface area (Å²) >= 11 is 0. The van der Waals surface area contributed by atoms with Gasteiger partial charge < -0.3 is 16.0 Å². The summed E-state index contributed by atoms with van der Waals surface area (Å²) in [6.45, 7) is 7.50. The summed E-state index contributed by atoms with van der Waals surface area (Å²) in [6.07, 6.45) is 6.27. The lowest BCUT2D eigenvalue weighted by molar-refractivity contribution is -0.111. The lowest BCUT2D eigenvalue weighted by atomic mass is 10.0. The number of aromatic nitrogens is 4. The van der Waals surface area contributed by atoms with Gasteiger partial charge >= 0.3 is 0 Å².